The van der Waals surface area contributed by atoms with Crippen LogP contribution in [0, 0.1) is 13.8 Å². The first-order valence-corrected chi connectivity index (χ1v) is 7.29. The Morgan fingerprint density at radius 1 is 1.15 bits per heavy atom. The second-order valence-electron chi connectivity index (χ2n) is 4.75. The van der Waals surface area contributed by atoms with Crippen LogP contribution in [-0.4, -0.2) is 36.8 Å². The Labute approximate surface area is 122 Å². The van der Waals surface area contributed by atoms with Crippen LogP contribution in [0.2, 0.25) is 0 Å². The van der Waals surface area contributed by atoms with E-state index in [2.05, 4.69) is 22.2 Å². The van der Waals surface area contributed by atoms with Crippen LogP contribution in [-0.2, 0) is 16.0 Å². The van der Waals surface area contributed by atoms with Crippen molar-refractivity contribution >= 4 is 0 Å². The lowest BCUT2D eigenvalue weighted by Gasteiger charge is -2.17. The van der Waals surface area contributed by atoms with Gasteiger partial charge in [-0.25, -0.2) is 9.97 Å². The Morgan fingerprint density at radius 2 is 1.80 bits per heavy atom. The van der Waals surface area contributed by atoms with Crippen LogP contribution in [0.15, 0.2) is 0 Å². The van der Waals surface area contributed by atoms with Gasteiger partial charge in [0.05, 0.1) is 6.61 Å². The predicted octanol–water partition coefficient (Wildman–Crippen LogP) is 2.32. The second-order valence-corrected chi connectivity index (χ2v) is 4.75. The Hall–Kier alpha value is -1.04. The summed E-state index contributed by atoms with van der Waals surface area (Å²) >= 11 is 0. The molecule has 1 aromatic heterocycles. The average molecular weight is 281 g/mol. The molecule has 1 N–H and O–H groups in total. The zero-order valence-corrected chi connectivity index (χ0v) is 13.3. The standard InChI is InChI=1S/C15H27N3O2/c1-6-14(20-7-2)15-17-11(3)13(12(4)18-15)10-16-8-9-19-5/h14,16H,6-10H2,1-5H3. The van der Waals surface area contributed by atoms with Crippen LogP contribution in [0.4, 0.5) is 0 Å². The summed E-state index contributed by atoms with van der Waals surface area (Å²) in [5, 5.41) is 3.34. The molecule has 0 saturated carbocycles. The van der Waals surface area contributed by atoms with Gasteiger partial charge in [0, 0.05) is 43.8 Å². The van der Waals surface area contributed by atoms with Gasteiger partial charge in [0.2, 0.25) is 0 Å². The lowest BCUT2D eigenvalue weighted by molar-refractivity contribution is 0.0532. The number of rotatable bonds is 9. The van der Waals surface area contributed by atoms with Crippen molar-refractivity contribution < 1.29 is 9.47 Å². The molecule has 1 heterocycles. The fraction of sp³-hybridized carbons (Fsp3) is 0.733. The summed E-state index contributed by atoms with van der Waals surface area (Å²) in [5.41, 5.74) is 3.21. The Kier molecular flexibility index (Phi) is 7.65. The van der Waals surface area contributed by atoms with Gasteiger partial charge in [0.25, 0.3) is 0 Å². The molecule has 0 aromatic carbocycles. The lowest BCUT2D eigenvalue weighted by Crippen LogP contribution is -2.21. The maximum atomic E-state index is 5.68. The van der Waals surface area contributed by atoms with Crippen LogP contribution in [0.1, 0.15) is 49.1 Å². The number of methoxy groups -OCH3 is 1. The van der Waals surface area contributed by atoms with Crippen molar-refractivity contribution in [1.82, 2.24) is 15.3 Å². The van der Waals surface area contributed by atoms with E-state index in [1.807, 2.05) is 20.8 Å². The van der Waals surface area contributed by atoms with Gasteiger partial charge in [-0.05, 0) is 27.2 Å². The van der Waals surface area contributed by atoms with E-state index in [0.717, 1.165) is 42.3 Å². The minimum atomic E-state index is -0.00657. The predicted molar refractivity (Wildman–Crippen MR) is 79.7 cm³/mol. The van der Waals surface area contributed by atoms with Crippen molar-refractivity contribution in [2.45, 2.75) is 46.8 Å². The van der Waals surface area contributed by atoms with Gasteiger partial charge in [-0.1, -0.05) is 6.92 Å². The quantitative estimate of drug-likeness (QED) is 0.704. The minimum absolute atomic E-state index is 0.00657. The fourth-order valence-corrected chi connectivity index (χ4v) is 2.13. The third kappa shape index (κ3) is 4.81. The number of hydrogen-bond donors (Lipinski definition) is 1. The molecule has 1 rings (SSSR count). The van der Waals surface area contributed by atoms with Crippen molar-refractivity contribution in [3.8, 4) is 0 Å². The first-order valence-electron chi connectivity index (χ1n) is 7.29. The maximum absolute atomic E-state index is 5.68. The van der Waals surface area contributed by atoms with Gasteiger partial charge in [0.15, 0.2) is 5.82 Å². The molecule has 20 heavy (non-hydrogen) atoms. The van der Waals surface area contributed by atoms with Gasteiger partial charge < -0.3 is 14.8 Å². The van der Waals surface area contributed by atoms with Crippen LogP contribution in [0.5, 0.6) is 0 Å². The zero-order chi connectivity index (χ0) is 15.0. The van der Waals surface area contributed by atoms with E-state index < -0.39 is 0 Å². The van der Waals surface area contributed by atoms with Crippen LogP contribution in [0.25, 0.3) is 0 Å². The normalized spacial score (nSPS) is 12.7. The molecule has 0 saturated heterocycles. The van der Waals surface area contributed by atoms with Crippen molar-refractivity contribution in [2.24, 2.45) is 0 Å². The summed E-state index contributed by atoms with van der Waals surface area (Å²) in [6.45, 7) is 11.1. The molecule has 0 radical (unpaired) electrons. The summed E-state index contributed by atoms with van der Waals surface area (Å²) in [6, 6.07) is 0. The van der Waals surface area contributed by atoms with E-state index in [4.69, 9.17) is 9.47 Å². The van der Waals surface area contributed by atoms with Gasteiger partial charge >= 0.3 is 0 Å². The van der Waals surface area contributed by atoms with E-state index in [0.29, 0.717) is 13.2 Å². The number of nitrogens with one attached hydrogen (secondary N) is 1. The summed E-state index contributed by atoms with van der Waals surface area (Å²) in [7, 11) is 1.70. The first-order chi connectivity index (χ1) is 9.63. The van der Waals surface area contributed by atoms with Crippen LogP contribution < -0.4 is 5.32 Å². The minimum Gasteiger partial charge on any atom is -0.383 e. The fourth-order valence-electron chi connectivity index (χ4n) is 2.13. The van der Waals surface area contributed by atoms with Crippen LogP contribution >= 0.6 is 0 Å². The molecule has 1 atom stereocenters. The van der Waals surface area contributed by atoms with E-state index in [1.165, 1.54) is 0 Å². The molecule has 0 aliphatic rings. The molecule has 0 fully saturated rings. The number of aromatic nitrogens is 2. The smallest absolute Gasteiger partial charge is 0.157 e. The highest BCUT2D eigenvalue weighted by Gasteiger charge is 2.15. The summed E-state index contributed by atoms with van der Waals surface area (Å²) in [4.78, 5) is 9.23. The van der Waals surface area contributed by atoms with Crippen LogP contribution in [0.3, 0.4) is 0 Å². The summed E-state index contributed by atoms with van der Waals surface area (Å²) in [6.07, 6.45) is 0.880. The largest absolute Gasteiger partial charge is 0.383 e. The zero-order valence-electron chi connectivity index (χ0n) is 13.3. The van der Waals surface area contributed by atoms with Crippen molar-refractivity contribution in [1.29, 1.82) is 0 Å². The van der Waals surface area contributed by atoms with E-state index in [-0.39, 0.29) is 6.10 Å². The molecule has 5 heteroatoms. The van der Waals surface area contributed by atoms with E-state index >= 15 is 0 Å². The SMILES string of the molecule is CCOC(CC)c1nc(C)c(CNCCOC)c(C)n1. The highest BCUT2D eigenvalue weighted by molar-refractivity contribution is 5.24. The molecule has 1 unspecified atom stereocenters. The van der Waals surface area contributed by atoms with Crippen molar-refractivity contribution in [3.63, 3.8) is 0 Å². The van der Waals surface area contributed by atoms with E-state index in [1.54, 1.807) is 7.11 Å². The van der Waals surface area contributed by atoms with Gasteiger partial charge in [-0.15, -0.1) is 0 Å². The molecule has 0 spiro atoms. The molecule has 0 bridgehead atoms. The average Bonchev–Trinajstić information content (AvgIpc) is 2.43. The summed E-state index contributed by atoms with van der Waals surface area (Å²) in [5.74, 6) is 0.796. The highest BCUT2D eigenvalue weighted by atomic mass is 16.5. The Bertz CT molecular complexity index is 387. The van der Waals surface area contributed by atoms with Gasteiger partial charge in [-0.3, -0.25) is 0 Å². The molecule has 0 amide bonds. The molecule has 1 aromatic rings. The second kappa shape index (κ2) is 9.00. The molecule has 114 valence electrons. The third-order valence-corrected chi connectivity index (χ3v) is 3.25. The Balaban J connectivity index is 2.79. The van der Waals surface area contributed by atoms with Gasteiger partial charge in [-0.2, -0.15) is 0 Å². The number of ether oxygens (including phenoxy) is 2. The lowest BCUT2D eigenvalue weighted by atomic mass is 10.1. The maximum Gasteiger partial charge on any atom is 0.157 e. The van der Waals surface area contributed by atoms with Crippen molar-refractivity contribution in [3.05, 3.63) is 22.8 Å². The molecule has 5 nitrogen and oxygen atoms in total. The first kappa shape index (κ1) is 17.0. The number of hydrogen-bond acceptors (Lipinski definition) is 5. The van der Waals surface area contributed by atoms with Gasteiger partial charge in [0.1, 0.15) is 6.10 Å². The molecular weight excluding hydrogens is 254 g/mol. The number of aryl methyl sites for hydroxylation is 2. The third-order valence-electron chi connectivity index (χ3n) is 3.25. The van der Waals surface area contributed by atoms with E-state index in [9.17, 15) is 0 Å². The monoisotopic (exact) mass is 281 g/mol. The molecule has 0 aliphatic heterocycles. The topological polar surface area (TPSA) is 56.3 Å². The molecular formula is C15H27N3O2. The summed E-state index contributed by atoms with van der Waals surface area (Å²) < 4.78 is 10.7. The van der Waals surface area contributed by atoms with Crippen molar-refractivity contribution in [2.75, 3.05) is 26.9 Å². The number of nitrogens with zero attached hydrogens (tertiary/aromatic N) is 2. The Morgan fingerprint density at radius 3 is 2.30 bits per heavy atom. The highest BCUT2D eigenvalue weighted by Crippen LogP contribution is 2.20. The molecule has 0 aliphatic carbocycles.